The van der Waals surface area contributed by atoms with E-state index in [0.29, 0.717) is 22.1 Å². The summed E-state index contributed by atoms with van der Waals surface area (Å²) in [4.78, 5) is 21.3. The largest absolute Gasteiger partial charge is 0.328 e. The van der Waals surface area contributed by atoms with Crippen molar-refractivity contribution in [3.8, 4) is 0 Å². The SMILES string of the molecule is CCn1ncnc1[C@@H](NC(=O)Nc1ccc(Cl)c2ncccc12)C1CC1. The van der Waals surface area contributed by atoms with Crippen molar-refractivity contribution in [3.63, 3.8) is 0 Å². The van der Waals surface area contributed by atoms with Crippen LogP contribution in [0.5, 0.6) is 0 Å². The number of aryl methyl sites for hydroxylation is 1. The van der Waals surface area contributed by atoms with Crippen molar-refractivity contribution < 1.29 is 4.79 Å². The van der Waals surface area contributed by atoms with E-state index in [4.69, 9.17) is 11.6 Å². The van der Waals surface area contributed by atoms with Crippen LogP contribution in [-0.4, -0.2) is 25.8 Å². The average Bonchev–Trinajstić information content (AvgIpc) is 3.39. The summed E-state index contributed by atoms with van der Waals surface area (Å²) in [5.41, 5.74) is 1.33. The first-order chi connectivity index (χ1) is 12.7. The lowest BCUT2D eigenvalue weighted by molar-refractivity contribution is 0.246. The maximum atomic E-state index is 12.6. The van der Waals surface area contributed by atoms with E-state index in [2.05, 4.69) is 25.7 Å². The second-order valence-corrected chi connectivity index (χ2v) is 6.75. The van der Waals surface area contributed by atoms with Crippen LogP contribution in [-0.2, 0) is 6.54 Å². The summed E-state index contributed by atoms with van der Waals surface area (Å²) in [6, 6.07) is 6.80. The number of fused-ring (bicyclic) bond motifs is 1. The monoisotopic (exact) mass is 370 g/mol. The lowest BCUT2D eigenvalue weighted by atomic mass is 10.1. The Hall–Kier alpha value is -2.67. The van der Waals surface area contributed by atoms with Crippen LogP contribution in [0.3, 0.4) is 0 Å². The number of carbonyl (C=O) groups excluding carboxylic acids is 1. The maximum Gasteiger partial charge on any atom is 0.319 e. The molecule has 2 aromatic heterocycles. The first-order valence-corrected chi connectivity index (χ1v) is 9.03. The predicted octanol–water partition coefficient (Wildman–Crippen LogP) is 3.77. The first-order valence-electron chi connectivity index (χ1n) is 8.66. The second-order valence-electron chi connectivity index (χ2n) is 6.34. The fourth-order valence-electron chi connectivity index (χ4n) is 3.13. The van der Waals surface area contributed by atoms with Crippen molar-refractivity contribution in [2.75, 3.05) is 5.32 Å². The van der Waals surface area contributed by atoms with Gasteiger partial charge >= 0.3 is 6.03 Å². The third-order valence-electron chi connectivity index (χ3n) is 4.57. The van der Waals surface area contributed by atoms with E-state index < -0.39 is 0 Å². The molecule has 0 radical (unpaired) electrons. The quantitative estimate of drug-likeness (QED) is 0.715. The van der Waals surface area contributed by atoms with Gasteiger partial charge < -0.3 is 10.6 Å². The molecule has 0 bridgehead atoms. The summed E-state index contributed by atoms with van der Waals surface area (Å²) in [5, 5.41) is 11.5. The van der Waals surface area contributed by atoms with Crippen molar-refractivity contribution in [2.24, 2.45) is 5.92 Å². The molecule has 7 nitrogen and oxygen atoms in total. The van der Waals surface area contributed by atoms with Crippen molar-refractivity contribution in [3.05, 3.63) is 47.6 Å². The minimum Gasteiger partial charge on any atom is -0.328 e. The van der Waals surface area contributed by atoms with Crippen LogP contribution in [0.4, 0.5) is 10.5 Å². The molecule has 0 saturated heterocycles. The molecule has 1 saturated carbocycles. The van der Waals surface area contributed by atoms with Crippen molar-refractivity contribution in [2.45, 2.75) is 32.4 Å². The molecule has 2 amide bonds. The molecule has 1 aromatic carbocycles. The van der Waals surface area contributed by atoms with E-state index in [-0.39, 0.29) is 12.1 Å². The summed E-state index contributed by atoms with van der Waals surface area (Å²) >= 11 is 6.19. The molecule has 3 aromatic rings. The number of nitrogens with one attached hydrogen (secondary N) is 2. The van der Waals surface area contributed by atoms with Gasteiger partial charge in [-0.15, -0.1) is 0 Å². The zero-order valence-corrected chi connectivity index (χ0v) is 15.1. The molecule has 2 heterocycles. The highest BCUT2D eigenvalue weighted by Crippen LogP contribution is 2.40. The highest BCUT2D eigenvalue weighted by atomic mass is 35.5. The summed E-state index contributed by atoms with van der Waals surface area (Å²) in [6.45, 7) is 2.73. The average molecular weight is 371 g/mol. The Labute approximate surface area is 155 Å². The number of urea groups is 1. The lowest BCUT2D eigenvalue weighted by Gasteiger charge is -2.19. The van der Waals surface area contributed by atoms with Crippen LogP contribution in [0.25, 0.3) is 10.9 Å². The lowest BCUT2D eigenvalue weighted by Crippen LogP contribution is -2.35. The first kappa shape index (κ1) is 16.8. The molecule has 2 N–H and O–H groups in total. The van der Waals surface area contributed by atoms with Crippen molar-refractivity contribution in [1.82, 2.24) is 25.1 Å². The number of aromatic nitrogens is 4. The van der Waals surface area contributed by atoms with Crippen LogP contribution >= 0.6 is 11.6 Å². The van der Waals surface area contributed by atoms with Gasteiger partial charge in [0.25, 0.3) is 0 Å². The third kappa shape index (κ3) is 3.22. The molecule has 1 atom stereocenters. The minimum atomic E-state index is -0.278. The number of carbonyl (C=O) groups is 1. The van der Waals surface area contributed by atoms with Gasteiger partial charge in [0.05, 0.1) is 22.3 Å². The Balaban J connectivity index is 1.56. The highest BCUT2D eigenvalue weighted by Gasteiger charge is 2.36. The summed E-state index contributed by atoms with van der Waals surface area (Å²) < 4.78 is 1.82. The molecular weight excluding hydrogens is 352 g/mol. The van der Waals surface area contributed by atoms with Gasteiger partial charge in [0, 0.05) is 18.1 Å². The van der Waals surface area contributed by atoms with E-state index >= 15 is 0 Å². The topological polar surface area (TPSA) is 84.7 Å². The van der Waals surface area contributed by atoms with Gasteiger partial charge in [0.15, 0.2) is 0 Å². The van der Waals surface area contributed by atoms with Gasteiger partial charge in [0.1, 0.15) is 12.2 Å². The number of benzene rings is 1. The molecule has 8 heteroatoms. The number of hydrogen-bond donors (Lipinski definition) is 2. The number of halogens is 1. The van der Waals surface area contributed by atoms with E-state index in [1.54, 1.807) is 18.3 Å². The Morgan fingerprint density at radius 1 is 1.35 bits per heavy atom. The van der Waals surface area contributed by atoms with Crippen LogP contribution in [0.1, 0.15) is 31.6 Å². The Kier molecular flexibility index (Phi) is 4.46. The number of rotatable bonds is 5. The summed E-state index contributed by atoms with van der Waals surface area (Å²) in [7, 11) is 0. The zero-order valence-electron chi connectivity index (χ0n) is 14.3. The van der Waals surface area contributed by atoms with Crippen LogP contribution < -0.4 is 10.6 Å². The van der Waals surface area contributed by atoms with Gasteiger partial charge in [-0.25, -0.2) is 14.5 Å². The Bertz CT molecular complexity index is 952. The molecule has 1 fully saturated rings. The molecule has 4 rings (SSSR count). The highest BCUT2D eigenvalue weighted by molar-refractivity contribution is 6.35. The molecule has 1 aliphatic carbocycles. The molecule has 0 aliphatic heterocycles. The predicted molar refractivity (Wildman–Crippen MR) is 100 cm³/mol. The molecule has 0 spiro atoms. The zero-order chi connectivity index (χ0) is 18.1. The van der Waals surface area contributed by atoms with E-state index in [1.807, 2.05) is 23.7 Å². The van der Waals surface area contributed by atoms with Gasteiger partial charge in [-0.05, 0) is 49.9 Å². The van der Waals surface area contributed by atoms with Crippen LogP contribution in [0.2, 0.25) is 5.02 Å². The number of amides is 2. The van der Waals surface area contributed by atoms with Gasteiger partial charge in [-0.1, -0.05) is 11.6 Å². The normalized spacial score (nSPS) is 15.0. The maximum absolute atomic E-state index is 12.6. The standard InChI is InChI=1S/C18H19ClN6O/c1-2-25-17(21-10-22-25)15(11-5-6-11)24-18(26)23-14-8-7-13(19)16-12(14)4-3-9-20-16/h3-4,7-11,15H,2,5-6H2,1H3,(H2,23,24,26)/t15-/m0/s1. The molecular formula is C18H19ClN6O. The second kappa shape index (κ2) is 6.92. The van der Waals surface area contributed by atoms with Crippen molar-refractivity contribution >= 4 is 34.2 Å². The van der Waals surface area contributed by atoms with E-state index in [0.717, 1.165) is 30.6 Å². The molecule has 26 heavy (non-hydrogen) atoms. The number of pyridine rings is 1. The van der Waals surface area contributed by atoms with Gasteiger partial charge in [0.2, 0.25) is 0 Å². The van der Waals surface area contributed by atoms with Crippen LogP contribution in [0, 0.1) is 5.92 Å². The number of nitrogens with zero attached hydrogens (tertiary/aromatic N) is 4. The van der Waals surface area contributed by atoms with E-state index in [1.165, 1.54) is 6.33 Å². The fraction of sp³-hybridized carbons (Fsp3) is 0.333. The third-order valence-corrected chi connectivity index (χ3v) is 4.88. The Morgan fingerprint density at radius 3 is 2.96 bits per heavy atom. The van der Waals surface area contributed by atoms with Crippen LogP contribution in [0.15, 0.2) is 36.8 Å². The van der Waals surface area contributed by atoms with Gasteiger partial charge in [-0.2, -0.15) is 5.10 Å². The summed E-state index contributed by atoms with van der Waals surface area (Å²) in [5.74, 6) is 1.20. The number of anilines is 1. The molecule has 1 aliphatic rings. The van der Waals surface area contributed by atoms with Crippen molar-refractivity contribution in [1.29, 1.82) is 0 Å². The molecule has 134 valence electrons. The minimum absolute atomic E-state index is 0.144. The van der Waals surface area contributed by atoms with E-state index in [9.17, 15) is 4.79 Å². The number of hydrogen-bond acceptors (Lipinski definition) is 4. The molecule has 0 unspecified atom stereocenters. The Morgan fingerprint density at radius 2 is 2.19 bits per heavy atom. The smallest absolute Gasteiger partial charge is 0.319 e. The fourth-order valence-corrected chi connectivity index (χ4v) is 3.34. The van der Waals surface area contributed by atoms with Gasteiger partial charge in [-0.3, -0.25) is 4.98 Å². The summed E-state index contributed by atoms with van der Waals surface area (Å²) in [6.07, 6.45) is 5.37.